The Balaban J connectivity index is 1.13. The molecule has 2 fully saturated rings. The summed E-state index contributed by atoms with van der Waals surface area (Å²) in [5, 5.41) is 20.8. The maximum atomic E-state index is 9.10. The fraction of sp³-hybridized carbons (Fsp3) is 0.440. The van der Waals surface area contributed by atoms with Crippen LogP contribution in [0.2, 0.25) is 0 Å². The van der Waals surface area contributed by atoms with Crippen LogP contribution in [0, 0.1) is 0 Å². The fourth-order valence-electron chi connectivity index (χ4n) is 4.73. The van der Waals surface area contributed by atoms with Crippen molar-refractivity contribution in [3.8, 4) is 0 Å². The lowest BCUT2D eigenvalue weighted by molar-refractivity contribution is 0.188. The van der Waals surface area contributed by atoms with Gasteiger partial charge in [-0.2, -0.15) is 0 Å². The number of anilines is 2. The Bertz CT molecular complexity index is 1010. The highest BCUT2D eigenvalue weighted by Gasteiger charge is 2.21. The molecule has 1 N–H and O–H groups in total. The molecule has 168 valence electrons. The molecule has 1 aromatic heterocycles. The van der Waals surface area contributed by atoms with Crippen LogP contribution < -0.4 is 9.80 Å². The molecule has 2 aliphatic rings. The summed E-state index contributed by atoms with van der Waals surface area (Å²) >= 11 is 0. The molecule has 0 radical (unpaired) electrons. The summed E-state index contributed by atoms with van der Waals surface area (Å²) in [6.45, 7) is 9.77. The van der Waals surface area contributed by atoms with Gasteiger partial charge in [-0.05, 0) is 34.5 Å². The smallest absolute Gasteiger partial charge is 0.151 e. The maximum Gasteiger partial charge on any atom is 0.151 e. The molecule has 2 aromatic carbocycles. The van der Waals surface area contributed by atoms with Crippen LogP contribution in [0.5, 0.6) is 0 Å². The standard InChI is InChI=1S/C25H32N6O/c32-18-17-28-9-13-30(14-10-28)24-7-8-25(27-26-24)31-15-11-29(12-16-31)20-21-5-6-22-3-1-2-4-23(22)19-21/h1-8,19,32H,9-18,20H2. The van der Waals surface area contributed by atoms with Crippen LogP contribution in [0.4, 0.5) is 11.6 Å². The molecule has 5 rings (SSSR count). The average molecular weight is 433 g/mol. The fourth-order valence-corrected chi connectivity index (χ4v) is 4.73. The first-order chi connectivity index (χ1) is 15.8. The second-order valence-corrected chi connectivity index (χ2v) is 8.75. The predicted octanol–water partition coefficient (Wildman–Crippen LogP) is 2.07. The summed E-state index contributed by atoms with van der Waals surface area (Å²) in [7, 11) is 0. The largest absolute Gasteiger partial charge is 0.395 e. The van der Waals surface area contributed by atoms with Gasteiger partial charge in [-0.25, -0.2) is 0 Å². The summed E-state index contributed by atoms with van der Waals surface area (Å²) in [6, 6.07) is 19.6. The van der Waals surface area contributed by atoms with Gasteiger partial charge in [0.15, 0.2) is 11.6 Å². The summed E-state index contributed by atoms with van der Waals surface area (Å²) in [5.41, 5.74) is 1.38. The van der Waals surface area contributed by atoms with E-state index in [-0.39, 0.29) is 6.61 Å². The molecule has 32 heavy (non-hydrogen) atoms. The first-order valence-corrected chi connectivity index (χ1v) is 11.7. The maximum absolute atomic E-state index is 9.10. The third kappa shape index (κ3) is 4.85. The number of hydrogen-bond acceptors (Lipinski definition) is 7. The molecule has 7 heteroatoms. The molecular weight excluding hydrogens is 400 g/mol. The zero-order chi connectivity index (χ0) is 21.8. The van der Waals surface area contributed by atoms with Gasteiger partial charge in [-0.15, -0.1) is 10.2 Å². The Kier molecular flexibility index (Phi) is 6.48. The van der Waals surface area contributed by atoms with Gasteiger partial charge >= 0.3 is 0 Å². The normalized spacial score (nSPS) is 18.4. The zero-order valence-electron chi connectivity index (χ0n) is 18.6. The molecule has 0 unspecified atom stereocenters. The van der Waals surface area contributed by atoms with Crippen LogP contribution in [0.15, 0.2) is 54.6 Å². The van der Waals surface area contributed by atoms with E-state index >= 15 is 0 Å². The molecule has 7 nitrogen and oxygen atoms in total. The molecule has 0 amide bonds. The Labute approximate surface area is 189 Å². The molecule has 0 atom stereocenters. The van der Waals surface area contributed by atoms with Crippen LogP contribution >= 0.6 is 0 Å². The molecule has 3 heterocycles. The van der Waals surface area contributed by atoms with E-state index in [0.717, 1.165) is 77.1 Å². The molecule has 2 saturated heterocycles. The number of rotatable bonds is 6. The van der Waals surface area contributed by atoms with Gasteiger partial charge in [-0.3, -0.25) is 9.80 Å². The minimum Gasteiger partial charge on any atom is -0.395 e. The highest BCUT2D eigenvalue weighted by Crippen LogP contribution is 2.20. The van der Waals surface area contributed by atoms with Crippen molar-refractivity contribution in [2.45, 2.75) is 6.54 Å². The second-order valence-electron chi connectivity index (χ2n) is 8.75. The van der Waals surface area contributed by atoms with E-state index < -0.39 is 0 Å². The van der Waals surface area contributed by atoms with Gasteiger partial charge in [0.2, 0.25) is 0 Å². The number of β-amino-alcohol motifs (C(OH)–C–C–N with tert-alkyl or cyclic N) is 1. The van der Waals surface area contributed by atoms with E-state index in [9.17, 15) is 0 Å². The van der Waals surface area contributed by atoms with Gasteiger partial charge in [0.25, 0.3) is 0 Å². The van der Waals surface area contributed by atoms with E-state index in [1.807, 2.05) is 0 Å². The van der Waals surface area contributed by atoms with E-state index in [4.69, 9.17) is 5.11 Å². The number of nitrogens with zero attached hydrogens (tertiary/aromatic N) is 6. The Morgan fingerprint density at radius 1 is 0.656 bits per heavy atom. The predicted molar refractivity (Wildman–Crippen MR) is 129 cm³/mol. The number of fused-ring (bicyclic) bond motifs is 1. The Morgan fingerprint density at radius 2 is 1.25 bits per heavy atom. The van der Waals surface area contributed by atoms with Crippen molar-refractivity contribution in [3.63, 3.8) is 0 Å². The van der Waals surface area contributed by atoms with Crippen molar-refractivity contribution >= 4 is 22.4 Å². The van der Waals surface area contributed by atoms with Crippen LogP contribution in [0.25, 0.3) is 10.8 Å². The van der Waals surface area contributed by atoms with Crippen LogP contribution in [-0.2, 0) is 6.54 Å². The zero-order valence-corrected chi connectivity index (χ0v) is 18.6. The van der Waals surface area contributed by atoms with Crippen molar-refractivity contribution in [1.82, 2.24) is 20.0 Å². The van der Waals surface area contributed by atoms with Gasteiger partial charge in [0.1, 0.15) is 0 Å². The van der Waals surface area contributed by atoms with Crippen LogP contribution in [0.1, 0.15) is 5.56 Å². The highest BCUT2D eigenvalue weighted by atomic mass is 16.3. The van der Waals surface area contributed by atoms with Crippen molar-refractivity contribution in [3.05, 3.63) is 60.2 Å². The van der Waals surface area contributed by atoms with Gasteiger partial charge in [0, 0.05) is 65.4 Å². The topological polar surface area (TPSA) is 59.0 Å². The number of aliphatic hydroxyl groups excluding tert-OH is 1. The third-order valence-corrected chi connectivity index (χ3v) is 6.67. The lowest BCUT2D eigenvalue weighted by atomic mass is 10.1. The molecule has 2 aliphatic heterocycles. The van der Waals surface area contributed by atoms with Gasteiger partial charge < -0.3 is 14.9 Å². The minimum atomic E-state index is 0.226. The number of piperazine rings is 2. The molecule has 0 aliphatic carbocycles. The summed E-state index contributed by atoms with van der Waals surface area (Å²) in [5.74, 6) is 1.92. The lowest BCUT2D eigenvalue weighted by Crippen LogP contribution is -2.47. The van der Waals surface area contributed by atoms with E-state index in [1.165, 1.54) is 16.3 Å². The van der Waals surface area contributed by atoms with Gasteiger partial charge in [-0.1, -0.05) is 36.4 Å². The lowest BCUT2D eigenvalue weighted by Gasteiger charge is -2.36. The molecular formula is C25H32N6O. The summed E-state index contributed by atoms with van der Waals surface area (Å²) in [6.07, 6.45) is 0. The summed E-state index contributed by atoms with van der Waals surface area (Å²) in [4.78, 5) is 9.43. The van der Waals surface area contributed by atoms with Crippen molar-refractivity contribution in [1.29, 1.82) is 0 Å². The van der Waals surface area contributed by atoms with Gasteiger partial charge in [0.05, 0.1) is 6.61 Å². The SMILES string of the molecule is OCCN1CCN(c2ccc(N3CCN(Cc4ccc5ccccc5c4)CC3)nn2)CC1. The van der Waals surface area contributed by atoms with Crippen LogP contribution in [0.3, 0.4) is 0 Å². The number of aliphatic hydroxyl groups is 1. The first kappa shape index (κ1) is 21.1. The van der Waals surface area contributed by atoms with E-state index in [0.29, 0.717) is 0 Å². The number of benzene rings is 2. The van der Waals surface area contributed by atoms with Crippen molar-refractivity contribution in [2.24, 2.45) is 0 Å². The second kappa shape index (κ2) is 9.81. The number of hydrogen-bond donors (Lipinski definition) is 1. The molecule has 0 spiro atoms. The van der Waals surface area contributed by atoms with Crippen molar-refractivity contribution < 1.29 is 5.11 Å². The minimum absolute atomic E-state index is 0.226. The molecule has 0 bridgehead atoms. The first-order valence-electron chi connectivity index (χ1n) is 11.7. The molecule has 0 saturated carbocycles. The van der Waals surface area contributed by atoms with Crippen molar-refractivity contribution in [2.75, 3.05) is 75.3 Å². The Morgan fingerprint density at radius 3 is 1.84 bits per heavy atom. The quantitative estimate of drug-likeness (QED) is 0.640. The highest BCUT2D eigenvalue weighted by molar-refractivity contribution is 5.82. The average Bonchev–Trinajstić information content (AvgIpc) is 2.85. The van der Waals surface area contributed by atoms with E-state index in [1.54, 1.807) is 0 Å². The third-order valence-electron chi connectivity index (χ3n) is 6.67. The summed E-state index contributed by atoms with van der Waals surface area (Å²) < 4.78 is 0. The Hall–Kier alpha value is -2.74. The van der Waals surface area contributed by atoms with Crippen LogP contribution in [-0.4, -0.2) is 90.6 Å². The monoisotopic (exact) mass is 432 g/mol. The number of aromatic nitrogens is 2. The molecule has 3 aromatic rings. The van der Waals surface area contributed by atoms with E-state index in [2.05, 4.69) is 84.4 Å².